The average Bonchev–Trinajstić information content (AvgIpc) is 3.06. The van der Waals surface area contributed by atoms with Crippen LogP contribution in [0.3, 0.4) is 0 Å². The lowest BCUT2D eigenvalue weighted by Gasteiger charge is -2.22. The Labute approximate surface area is 156 Å². The molecule has 0 atom stereocenters. The van der Waals surface area contributed by atoms with Crippen molar-refractivity contribution in [1.82, 2.24) is 4.98 Å². The Morgan fingerprint density at radius 1 is 1.19 bits per heavy atom. The Balaban J connectivity index is 1.82. The quantitative estimate of drug-likeness (QED) is 0.584. The molecule has 130 valence electrons. The summed E-state index contributed by atoms with van der Waals surface area (Å²) in [5.41, 5.74) is 1.94. The number of rotatable bonds is 7. The van der Waals surface area contributed by atoms with Crippen molar-refractivity contribution < 1.29 is 9.53 Å². The molecule has 0 bridgehead atoms. The van der Waals surface area contributed by atoms with Crippen LogP contribution in [0.1, 0.15) is 20.9 Å². The number of benzene rings is 2. The van der Waals surface area contributed by atoms with Crippen LogP contribution < -0.4 is 9.64 Å². The first-order valence-corrected chi connectivity index (χ1v) is 8.91. The predicted molar refractivity (Wildman–Crippen MR) is 102 cm³/mol. The number of ether oxygens (including phenoxy) is 1. The highest BCUT2D eigenvalue weighted by Gasteiger charge is 2.16. The summed E-state index contributed by atoms with van der Waals surface area (Å²) in [6.07, 6.45) is 0.771. The molecule has 3 aromatic rings. The van der Waals surface area contributed by atoms with Crippen LogP contribution in [0.4, 0.5) is 10.8 Å². The SMILES string of the molecule is Cc1sc(N(CCOc2ccccc2)c2ccc(C#N)cc2)nc1C=O. The van der Waals surface area contributed by atoms with Crippen LogP contribution in [0.25, 0.3) is 0 Å². The third kappa shape index (κ3) is 4.08. The molecule has 1 heterocycles. The molecule has 0 aliphatic carbocycles. The van der Waals surface area contributed by atoms with E-state index < -0.39 is 0 Å². The number of carbonyl (C=O) groups is 1. The zero-order chi connectivity index (χ0) is 18.4. The number of thiazole rings is 1. The van der Waals surface area contributed by atoms with Crippen LogP contribution in [-0.2, 0) is 0 Å². The van der Waals surface area contributed by atoms with Gasteiger partial charge in [0.05, 0.1) is 18.2 Å². The van der Waals surface area contributed by atoms with Gasteiger partial charge in [-0.2, -0.15) is 5.26 Å². The number of nitrogens with zero attached hydrogens (tertiary/aromatic N) is 3. The van der Waals surface area contributed by atoms with Gasteiger partial charge in [-0.3, -0.25) is 4.79 Å². The molecular formula is C20H17N3O2S. The smallest absolute Gasteiger partial charge is 0.190 e. The second kappa shape index (κ2) is 8.28. The predicted octanol–water partition coefficient (Wildman–Crippen LogP) is 4.35. The minimum Gasteiger partial charge on any atom is -0.492 e. The third-order valence-corrected chi connectivity index (χ3v) is 4.81. The van der Waals surface area contributed by atoms with Gasteiger partial charge in [0.25, 0.3) is 0 Å². The summed E-state index contributed by atoms with van der Waals surface area (Å²) in [4.78, 5) is 18.4. The Bertz CT molecular complexity index is 914. The summed E-state index contributed by atoms with van der Waals surface area (Å²) < 4.78 is 5.80. The number of para-hydroxylation sites is 1. The molecule has 0 amide bonds. The minimum atomic E-state index is 0.452. The standard InChI is InChI=1S/C20H17N3O2S/c1-15-19(14-24)22-20(26-15)23(17-9-7-16(13-21)8-10-17)11-12-25-18-5-3-2-4-6-18/h2-10,14H,11-12H2,1H3. The molecule has 0 unspecified atom stereocenters. The molecule has 0 spiro atoms. The molecule has 0 aliphatic rings. The van der Waals surface area contributed by atoms with Crippen molar-refractivity contribution in [3.8, 4) is 11.8 Å². The lowest BCUT2D eigenvalue weighted by Crippen LogP contribution is -2.23. The van der Waals surface area contributed by atoms with Crippen molar-refractivity contribution in [2.24, 2.45) is 0 Å². The largest absolute Gasteiger partial charge is 0.492 e. The van der Waals surface area contributed by atoms with Crippen LogP contribution in [0.5, 0.6) is 5.75 Å². The van der Waals surface area contributed by atoms with Gasteiger partial charge in [0.2, 0.25) is 0 Å². The maximum absolute atomic E-state index is 11.1. The number of aryl methyl sites for hydroxylation is 1. The molecule has 0 saturated heterocycles. The fraction of sp³-hybridized carbons (Fsp3) is 0.150. The van der Waals surface area contributed by atoms with Gasteiger partial charge < -0.3 is 9.64 Å². The maximum atomic E-state index is 11.1. The number of hydrogen-bond donors (Lipinski definition) is 0. The third-order valence-electron chi connectivity index (χ3n) is 3.80. The lowest BCUT2D eigenvalue weighted by atomic mass is 10.2. The van der Waals surface area contributed by atoms with Gasteiger partial charge in [0.15, 0.2) is 11.4 Å². The second-order valence-electron chi connectivity index (χ2n) is 5.53. The molecule has 26 heavy (non-hydrogen) atoms. The van der Waals surface area contributed by atoms with Gasteiger partial charge in [-0.05, 0) is 43.3 Å². The van der Waals surface area contributed by atoms with E-state index in [0.29, 0.717) is 24.4 Å². The van der Waals surface area contributed by atoms with Crippen LogP contribution in [0.15, 0.2) is 54.6 Å². The van der Waals surface area contributed by atoms with Gasteiger partial charge >= 0.3 is 0 Å². The highest BCUT2D eigenvalue weighted by Crippen LogP contribution is 2.31. The van der Waals surface area contributed by atoms with E-state index in [9.17, 15) is 4.79 Å². The molecule has 0 N–H and O–H groups in total. The lowest BCUT2D eigenvalue weighted by molar-refractivity contribution is 0.111. The zero-order valence-corrected chi connectivity index (χ0v) is 15.1. The van der Waals surface area contributed by atoms with Crippen molar-refractivity contribution in [1.29, 1.82) is 5.26 Å². The molecule has 0 saturated carbocycles. The van der Waals surface area contributed by atoms with E-state index in [4.69, 9.17) is 10.00 Å². The van der Waals surface area contributed by atoms with E-state index in [1.165, 1.54) is 11.3 Å². The molecule has 3 rings (SSSR count). The summed E-state index contributed by atoms with van der Waals surface area (Å²) in [6.45, 7) is 2.90. The van der Waals surface area contributed by atoms with E-state index in [1.807, 2.05) is 54.3 Å². The highest BCUT2D eigenvalue weighted by molar-refractivity contribution is 7.15. The first kappa shape index (κ1) is 17.6. The summed E-state index contributed by atoms with van der Waals surface area (Å²) in [5, 5.41) is 9.72. The molecule has 0 radical (unpaired) electrons. The van der Waals surface area contributed by atoms with Crippen molar-refractivity contribution in [3.05, 3.63) is 70.7 Å². The van der Waals surface area contributed by atoms with E-state index in [1.54, 1.807) is 12.1 Å². The van der Waals surface area contributed by atoms with Crippen molar-refractivity contribution in [3.63, 3.8) is 0 Å². The monoisotopic (exact) mass is 363 g/mol. The second-order valence-corrected chi connectivity index (χ2v) is 6.71. The summed E-state index contributed by atoms with van der Waals surface area (Å²) in [6, 6.07) is 19.0. The summed E-state index contributed by atoms with van der Waals surface area (Å²) in [7, 11) is 0. The number of carbonyl (C=O) groups excluding carboxylic acids is 1. The number of aldehydes is 1. The van der Waals surface area contributed by atoms with Crippen LogP contribution in [-0.4, -0.2) is 24.4 Å². The van der Waals surface area contributed by atoms with Crippen LogP contribution in [0, 0.1) is 18.3 Å². The average molecular weight is 363 g/mol. The Kier molecular flexibility index (Phi) is 5.62. The molecule has 0 aliphatic heterocycles. The first-order chi connectivity index (χ1) is 12.7. The Hall–Kier alpha value is -3.17. The highest BCUT2D eigenvalue weighted by atomic mass is 32.1. The molecule has 0 fully saturated rings. The Morgan fingerprint density at radius 2 is 1.92 bits per heavy atom. The Morgan fingerprint density at radius 3 is 2.54 bits per heavy atom. The van der Waals surface area contributed by atoms with Crippen LogP contribution >= 0.6 is 11.3 Å². The first-order valence-electron chi connectivity index (χ1n) is 8.09. The number of nitriles is 1. The van der Waals surface area contributed by atoms with Gasteiger partial charge in [0, 0.05) is 10.6 Å². The topological polar surface area (TPSA) is 66.2 Å². The number of aromatic nitrogens is 1. The number of hydrogen-bond acceptors (Lipinski definition) is 6. The van der Waals surface area contributed by atoms with Gasteiger partial charge in [-0.15, -0.1) is 11.3 Å². The summed E-state index contributed by atoms with van der Waals surface area (Å²) >= 11 is 1.46. The fourth-order valence-electron chi connectivity index (χ4n) is 2.44. The van der Waals surface area contributed by atoms with Crippen molar-refractivity contribution in [2.75, 3.05) is 18.1 Å². The van der Waals surface area contributed by atoms with Gasteiger partial charge in [-0.25, -0.2) is 4.98 Å². The van der Waals surface area contributed by atoms with Crippen LogP contribution in [0.2, 0.25) is 0 Å². The fourth-order valence-corrected chi connectivity index (χ4v) is 3.36. The van der Waals surface area contributed by atoms with Crippen molar-refractivity contribution in [2.45, 2.75) is 6.92 Å². The molecule has 2 aromatic carbocycles. The van der Waals surface area contributed by atoms with Gasteiger partial charge in [0.1, 0.15) is 18.1 Å². The molecular weight excluding hydrogens is 346 g/mol. The van der Waals surface area contributed by atoms with E-state index in [-0.39, 0.29) is 0 Å². The van der Waals surface area contributed by atoms with E-state index in [0.717, 1.165) is 27.7 Å². The normalized spacial score (nSPS) is 10.2. The zero-order valence-electron chi connectivity index (χ0n) is 14.3. The molecule has 1 aromatic heterocycles. The van der Waals surface area contributed by atoms with Gasteiger partial charge in [-0.1, -0.05) is 18.2 Å². The van der Waals surface area contributed by atoms with E-state index in [2.05, 4.69) is 11.1 Å². The number of anilines is 2. The van der Waals surface area contributed by atoms with E-state index >= 15 is 0 Å². The maximum Gasteiger partial charge on any atom is 0.190 e. The van der Waals surface area contributed by atoms with Crippen molar-refractivity contribution >= 4 is 28.4 Å². The molecule has 6 heteroatoms. The minimum absolute atomic E-state index is 0.452. The summed E-state index contributed by atoms with van der Waals surface area (Å²) in [5.74, 6) is 0.802. The molecule has 5 nitrogen and oxygen atoms in total.